The highest BCUT2D eigenvalue weighted by molar-refractivity contribution is 9.10. The summed E-state index contributed by atoms with van der Waals surface area (Å²) in [6.07, 6.45) is 0.324. The molecule has 1 heterocycles. The van der Waals surface area contributed by atoms with Crippen LogP contribution in [0.25, 0.3) is 0 Å². The third kappa shape index (κ3) is 1.62. The van der Waals surface area contributed by atoms with Crippen LogP contribution in [0.2, 0.25) is 0 Å². The minimum atomic E-state index is -0.358. The Morgan fingerprint density at radius 2 is 2.36 bits per heavy atom. The summed E-state index contributed by atoms with van der Waals surface area (Å²) in [5.74, 6) is 0.665. The van der Waals surface area contributed by atoms with E-state index in [1.807, 2.05) is 25.1 Å². The molecule has 3 nitrogen and oxygen atoms in total. The van der Waals surface area contributed by atoms with Gasteiger partial charge in [0.05, 0.1) is 5.69 Å². The van der Waals surface area contributed by atoms with E-state index < -0.39 is 0 Å². The van der Waals surface area contributed by atoms with Crippen molar-refractivity contribution in [1.82, 2.24) is 0 Å². The van der Waals surface area contributed by atoms with E-state index in [1.54, 1.807) is 0 Å². The standard InChI is InChI=1S/C10H10BrNO2/c1-2-8-10(13)12-7-5-6(11)3-4-9(7)14-8/h3-5,8H,2H2,1H3,(H,12,13). The number of carbonyl (C=O) groups is 1. The first kappa shape index (κ1) is 9.52. The zero-order chi connectivity index (χ0) is 10.1. The minimum Gasteiger partial charge on any atom is -0.478 e. The van der Waals surface area contributed by atoms with E-state index in [0.29, 0.717) is 6.42 Å². The molecule has 0 aromatic heterocycles. The van der Waals surface area contributed by atoms with Crippen LogP contribution >= 0.6 is 15.9 Å². The minimum absolute atomic E-state index is 0.0712. The van der Waals surface area contributed by atoms with Gasteiger partial charge in [-0.3, -0.25) is 4.79 Å². The highest BCUT2D eigenvalue weighted by atomic mass is 79.9. The van der Waals surface area contributed by atoms with Crippen LogP contribution in [0.15, 0.2) is 22.7 Å². The van der Waals surface area contributed by atoms with Crippen molar-refractivity contribution in [1.29, 1.82) is 0 Å². The molecule has 0 aliphatic carbocycles. The molecular weight excluding hydrogens is 246 g/mol. The van der Waals surface area contributed by atoms with Gasteiger partial charge in [-0.2, -0.15) is 0 Å². The number of benzene rings is 1. The number of hydrogen-bond acceptors (Lipinski definition) is 2. The summed E-state index contributed by atoms with van der Waals surface area (Å²) in [5, 5.41) is 2.81. The number of fused-ring (bicyclic) bond motifs is 1. The maximum absolute atomic E-state index is 11.4. The van der Waals surface area contributed by atoms with Gasteiger partial charge in [-0.25, -0.2) is 0 Å². The molecule has 0 bridgehead atoms. The Kier molecular flexibility index (Phi) is 2.46. The first-order valence-corrected chi connectivity index (χ1v) is 5.27. The fourth-order valence-corrected chi connectivity index (χ4v) is 1.75. The van der Waals surface area contributed by atoms with Crippen LogP contribution in [0.3, 0.4) is 0 Å². The summed E-state index contributed by atoms with van der Waals surface area (Å²) in [4.78, 5) is 11.4. The van der Waals surface area contributed by atoms with E-state index in [0.717, 1.165) is 15.9 Å². The van der Waals surface area contributed by atoms with E-state index in [2.05, 4.69) is 21.2 Å². The zero-order valence-electron chi connectivity index (χ0n) is 7.71. The Morgan fingerprint density at radius 1 is 1.57 bits per heavy atom. The molecular formula is C10H10BrNO2. The van der Waals surface area contributed by atoms with Gasteiger partial charge in [-0.15, -0.1) is 0 Å². The van der Waals surface area contributed by atoms with Crippen LogP contribution in [0.4, 0.5) is 5.69 Å². The maximum atomic E-state index is 11.4. The molecule has 1 aromatic carbocycles. The van der Waals surface area contributed by atoms with Crippen molar-refractivity contribution < 1.29 is 9.53 Å². The Hall–Kier alpha value is -1.03. The van der Waals surface area contributed by atoms with Crippen molar-refractivity contribution in [2.45, 2.75) is 19.4 Å². The molecule has 1 aromatic rings. The second kappa shape index (κ2) is 3.61. The molecule has 1 aliphatic rings. The molecule has 2 rings (SSSR count). The summed E-state index contributed by atoms with van der Waals surface area (Å²) >= 11 is 3.34. The van der Waals surface area contributed by atoms with Gasteiger partial charge in [0.1, 0.15) is 5.75 Å². The number of ether oxygens (including phenoxy) is 1. The second-order valence-corrected chi connectivity index (χ2v) is 4.06. The predicted molar refractivity (Wildman–Crippen MR) is 57.5 cm³/mol. The third-order valence-electron chi connectivity index (χ3n) is 2.13. The normalized spacial score (nSPS) is 19.6. The van der Waals surface area contributed by atoms with E-state index >= 15 is 0 Å². The van der Waals surface area contributed by atoms with Crippen LogP contribution in [-0.4, -0.2) is 12.0 Å². The number of rotatable bonds is 1. The molecule has 1 unspecified atom stereocenters. The number of hydrogen-bond donors (Lipinski definition) is 1. The van der Waals surface area contributed by atoms with Crippen LogP contribution in [0.1, 0.15) is 13.3 Å². The summed E-state index contributed by atoms with van der Waals surface area (Å²) in [6.45, 7) is 1.92. The van der Waals surface area contributed by atoms with Crippen molar-refractivity contribution in [2.75, 3.05) is 5.32 Å². The average Bonchev–Trinajstić information content (AvgIpc) is 2.16. The lowest BCUT2D eigenvalue weighted by Crippen LogP contribution is -2.36. The van der Waals surface area contributed by atoms with Crippen molar-refractivity contribution in [2.24, 2.45) is 0 Å². The first-order valence-electron chi connectivity index (χ1n) is 4.47. The van der Waals surface area contributed by atoms with Crippen LogP contribution < -0.4 is 10.1 Å². The van der Waals surface area contributed by atoms with Crippen molar-refractivity contribution in [3.05, 3.63) is 22.7 Å². The monoisotopic (exact) mass is 255 g/mol. The SMILES string of the molecule is CCC1Oc2ccc(Br)cc2NC1=O. The van der Waals surface area contributed by atoms with Gasteiger partial charge in [-0.1, -0.05) is 22.9 Å². The van der Waals surface area contributed by atoms with E-state index in [-0.39, 0.29) is 12.0 Å². The van der Waals surface area contributed by atoms with Crippen molar-refractivity contribution >= 4 is 27.5 Å². The molecule has 1 atom stereocenters. The molecule has 0 saturated carbocycles. The highest BCUT2D eigenvalue weighted by Gasteiger charge is 2.25. The van der Waals surface area contributed by atoms with Crippen molar-refractivity contribution in [3.8, 4) is 5.75 Å². The first-order chi connectivity index (χ1) is 6.70. The molecule has 0 spiro atoms. The lowest BCUT2D eigenvalue weighted by atomic mass is 10.2. The quantitative estimate of drug-likeness (QED) is 0.838. The predicted octanol–water partition coefficient (Wildman–Crippen LogP) is 2.56. The largest absolute Gasteiger partial charge is 0.478 e. The number of amides is 1. The molecule has 1 amide bonds. The second-order valence-electron chi connectivity index (χ2n) is 3.14. The van der Waals surface area contributed by atoms with E-state index in [4.69, 9.17) is 4.74 Å². The fraction of sp³-hybridized carbons (Fsp3) is 0.300. The number of nitrogens with one attached hydrogen (secondary N) is 1. The lowest BCUT2D eigenvalue weighted by Gasteiger charge is -2.24. The fourth-order valence-electron chi connectivity index (χ4n) is 1.39. The molecule has 4 heteroatoms. The van der Waals surface area contributed by atoms with Gasteiger partial charge in [-0.05, 0) is 24.6 Å². The maximum Gasteiger partial charge on any atom is 0.265 e. The number of carbonyl (C=O) groups excluding carboxylic acids is 1. The Balaban J connectivity index is 2.35. The summed E-state index contributed by atoms with van der Waals surface area (Å²) in [6, 6.07) is 5.57. The van der Waals surface area contributed by atoms with Gasteiger partial charge in [0.25, 0.3) is 5.91 Å². The summed E-state index contributed by atoms with van der Waals surface area (Å²) < 4.78 is 6.44. The third-order valence-corrected chi connectivity index (χ3v) is 2.63. The Morgan fingerprint density at radius 3 is 3.07 bits per heavy atom. The van der Waals surface area contributed by atoms with Crippen molar-refractivity contribution in [3.63, 3.8) is 0 Å². The number of anilines is 1. The smallest absolute Gasteiger partial charge is 0.265 e. The van der Waals surface area contributed by atoms with E-state index in [1.165, 1.54) is 0 Å². The topological polar surface area (TPSA) is 38.3 Å². The van der Waals surface area contributed by atoms with E-state index in [9.17, 15) is 4.79 Å². The highest BCUT2D eigenvalue weighted by Crippen LogP contribution is 2.32. The van der Waals surface area contributed by atoms with Gasteiger partial charge in [0, 0.05) is 4.47 Å². The summed E-state index contributed by atoms with van der Waals surface area (Å²) in [5.41, 5.74) is 0.731. The molecule has 0 saturated heterocycles. The molecule has 1 aliphatic heterocycles. The molecule has 74 valence electrons. The summed E-state index contributed by atoms with van der Waals surface area (Å²) in [7, 11) is 0. The van der Waals surface area contributed by atoms with Gasteiger partial charge < -0.3 is 10.1 Å². The van der Waals surface area contributed by atoms with Gasteiger partial charge >= 0.3 is 0 Å². The van der Waals surface area contributed by atoms with Crippen LogP contribution in [0, 0.1) is 0 Å². The van der Waals surface area contributed by atoms with Gasteiger partial charge in [0.2, 0.25) is 0 Å². The van der Waals surface area contributed by atoms with Crippen LogP contribution in [-0.2, 0) is 4.79 Å². The lowest BCUT2D eigenvalue weighted by molar-refractivity contribution is -0.123. The molecule has 1 N–H and O–H groups in total. The zero-order valence-corrected chi connectivity index (χ0v) is 9.30. The number of halogens is 1. The molecule has 0 fully saturated rings. The van der Waals surface area contributed by atoms with Crippen LogP contribution in [0.5, 0.6) is 5.75 Å². The molecule has 14 heavy (non-hydrogen) atoms. The average molecular weight is 256 g/mol. The molecule has 0 radical (unpaired) electrons. The Labute approximate surface area is 90.6 Å². The Bertz CT molecular complexity index is 378. The van der Waals surface area contributed by atoms with Gasteiger partial charge in [0.15, 0.2) is 6.10 Å².